The van der Waals surface area contributed by atoms with E-state index in [2.05, 4.69) is 77.9 Å². The summed E-state index contributed by atoms with van der Waals surface area (Å²) in [6, 6.07) is 20.5. The average Bonchev–Trinajstić information content (AvgIpc) is 3.40. The van der Waals surface area contributed by atoms with Crippen molar-refractivity contribution in [2.24, 2.45) is 0 Å². The van der Waals surface area contributed by atoms with Gasteiger partial charge < -0.3 is 5.32 Å². The van der Waals surface area contributed by atoms with Crippen molar-refractivity contribution in [2.45, 2.75) is 37.9 Å². The first-order valence-corrected chi connectivity index (χ1v) is 14.7. The van der Waals surface area contributed by atoms with E-state index in [9.17, 15) is 13.2 Å². The minimum absolute atomic E-state index is 0.0112. The number of carbonyl (C=O) groups is 1. The van der Waals surface area contributed by atoms with E-state index in [0.29, 0.717) is 18.0 Å². The van der Waals surface area contributed by atoms with Gasteiger partial charge in [0.1, 0.15) is 5.82 Å². The monoisotopic (exact) mass is 520 g/mol. The standard InChI is InChI=1S/C27H28N4O3S2/c1-18-10-11-24(19(2)14-18)31-25(15-21-8-5-7-20-6-3-4-9-23(20)21)29-30-27(31)35-16-26(32)28-22-12-13-36(33,34)17-22/h3-11,14,22H,12-13,15-17H2,1-2H3,(H,28,32)/t22-/m1/s1. The Morgan fingerprint density at radius 1 is 1.08 bits per heavy atom. The molecule has 1 atom stereocenters. The van der Waals surface area contributed by atoms with Gasteiger partial charge in [0.15, 0.2) is 15.0 Å². The van der Waals surface area contributed by atoms with Crippen molar-refractivity contribution < 1.29 is 13.2 Å². The maximum absolute atomic E-state index is 12.6. The molecule has 3 aromatic carbocycles. The molecule has 2 heterocycles. The van der Waals surface area contributed by atoms with Gasteiger partial charge in [0.25, 0.3) is 0 Å². The fourth-order valence-corrected chi connectivity index (χ4v) is 7.18. The Kier molecular flexibility index (Phi) is 6.85. The second-order valence-corrected chi connectivity index (χ2v) is 12.5. The summed E-state index contributed by atoms with van der Waals surface area (Å²) in [5.74, 6) is 0.866. The lowest BCUT2D eigenvalue weighted by molar-refractivity contribution is -0.119. The minimum atomic E-state index is -3.05. The zero-order valence-electron chi connectivity index (χ0n) is 20.3. The number of aryl methyl sites for hydroxylation is 2. The van der Waals surface area contributed by atoms with Crippen LogP contribution in [0.5, 0.6) is 0 Å². The number of nitrogens with zero attached hydrogens (tertiary/aromatic N) is 3. The zero-order chi connectivity index (χ0) is 25.3. The lowest BCUT2D eigenvalue weighted by atomic mass is 10.0. The summed E-state index contributed by atoms with van der Waals surface area (Å²) in [5, 5.41) is 14.8. The number of amides is 1. The van der Waals surface area contributed by atoms with Crippen LogP contribution in [-0.2, 0) is 21.1 Å². The van der Waals surface area contributed by atoms with Crippen LogP contribution < -0.4 is 5.32 Å². The highest BCUT2D eigenvalue weighted by Gasteiger charge is 2.29. The maximum Gasteiger partial charge on any atom is 0.230 e. The highest BCUT2D eigenvalue weighted by Crippen LogP contribution is 2.28. The molecule has 0 spiro atoms. The lowest BCUT2D eigenvalue weighted by Crippen LogP contribution is -2.36. The summed E-state index contributed by atoms with van der Waals surface area (Å²) in [5.41, 5.74) is 4.39. The molecular formula is C27H28N4O3S2. The molecule has 0 saturated carbocycles. The van der Waals surface area contributed by atoms with Gasteiger partial charge in [0.05, 0.1) is 22.9 Å². The van der Waals surface area contributed by atoms with Crippen LogP contribution in [0.4, 0.5) is 0 Å². The van der Waals surface area contributed by atoms with E-state index in [0.717, 1.165) is 22.6 Å². The largest absolute Gasteiger partial charge is 0.352 e. The predicted molar refractivity (Wildman–Crippen MR) is 144 cm³/mol. The van der Waals surface area contributed by atoms with E-state index in [1.807, 2.05) is 16.7 Å². The molecule has 1 N–H and O–H groups in total. The normalized spacial score (nSPS) is 16.9. The van der Waals surface area contributed by atoms with Gasteiger partial charge >= 0.3 is 0 Å². The SMILES string of the molecule is Cc1ccc(-n2c(Cc3cccc4ccccc34)nnc2SCC(=O)N[C@@H]2CCS(=O)(=O)C2)c(C)c1. The van der Waals surface area contributed by atoms with Crippen molar-refractivity contribution in [2.75, 3.05) is 17.3 Å². The first-order valence-electron chi connectivity index (χ1n) is 11.9. The number of aromatic nitrogens is 3. The van der Waals surface area contributed by atoms with Crippen LogP contribution in [0.25, 0.3) is 16.5 Å². The van der Waals surface area contributed by atoms with Crippen LogP contribution in [0.3, 0.4) is 0 Å². The first kappa shape index (κ1) is 24.5. The smallest absolute Gasteiger partial charge is 0.230 e. The molecule has 1 amide bonds. The molecule has 1 saturated heterocycles. The van der Waals surface area contributed by atoms with Gasteiger partial charge in [-0.05, 0) is 48.2 Å². The average molecular weight is 521 g/mol. The van der Waals surface area contributed by atoms with E-state index >= 15 is 0 Å². The molecule has 0 radical (unpaired) electrons. The second kappa shape index (κ2) is 10.1. The number of carbonyl (C=O) groups excluding carboxylic acids is 1. The van der Waals surface area contributed by atoms with Crippen molar-refractivity contribution in [1.82, 2.24) is 20.1 Å². The van der Waals surface area contributed by atoms with Gasteiger partial charge in [-0.25, -0.2) is 8.42 Å². The van der Waals surface area contributed by atoms with Crippen molar-refractivity contribution in [1.29, 1.82) is 0 Å². The van der Waals surface area contributed by atoms with Gasteiger partial charge in [-0.2, -0.15) is 0 Å². The summed E-state index contributed by atoms with van der Waals surface area (Å²) >= 11 is 1.31. The van der Waals surface area contributed by atoms with E-state index in [1.165, 1.54) is 28.1 Å². The van der Waals surface area contributed by atoms with E-state index in [1.54, 1.807) is 0 Å². The van der Waals surface area contributed by atoms with E-state index < -0.39 is 9.84 Å². The van der Waals surface area contributed by atoms with Crippen LogP contribution >= 0.6 is 11.8 Å². The zero-order valence-corrected chi connectivity index (χ0v) is 21.9. The number of hydrogen-bond donors (Lipinski definition) is 1. The van der Waals surface area contributed by atoms with Crippen molar-refractivity contribution in [3.8, 4) is 5.69 Å². The summed E-state index contributed by atoms with van der Waals surface area (Å²) in [6.45, 7) is 4.12. The van der Waals surface area contributed by atoms with Gasteiger partial charge in [-0.1, -0.05) is 71.9 Å². The molecule has 4 aromatic rings. The van der Waals surface area contributed by atoms with Crippen LogP contribution in [-0.4, -0.2) is 52.4 Å². The molecule has 36 heavy (non-hydrogen) atoms. The fourth-order valence-electron chi connectivity index (χ4n) is 4.73. The van der Waals surface area contributed by atoms with Gasteiger partial charge in [0.2, 0.25) is 5.91 Å². The molecule has 1 aliphatic heterocycles. The second-order valence-electron chi connectivity index (χ2n) is 9.30. The molecule has 7 nitrogen and oxygen atoms in total. The molecule has 0 unspecified atom stereocenters. The molecule has 5 rings (SSSR count). The van der Waals surface area contributed by atoms with Gasteiger partial charge in [-0.15, -0.1) is 10.2 Å². The number of fused-ring (bicyclic) bond motifs is 1. The fraction of sp³-hybridized carbons (Fsp3) is 0.296. The van der Waals surface area contributed by atoms with Crippen molar-refractivity contribution in [3.63, 3.8) is 0 Å². The Labute approximate surface area is 215 Å². The minimum Gasteiger partial charge on any atom is -0.352 e. The topological polar surface area (TPSA) is 93.9 Å². The van der Waals surface area contributed by atoms with Crippen molar-refractivity contribution >= 4 is 38.3 Å². The Morgan fingerprint density at radius 3 is 2.67 bits per heavy atom. The van der Waals surface area contributed by atoms with E-state index in [-0.39, 0.29) is 29.2 Å². The Balaban J connectivity index is 1.43. The van der Waals surface area contributed by atoms with Crippen LogP contribution in [0, 0.1) is 13.8 Å². The third-order valence-corrected chi connectivity index (χ3v) is 9.15. The maximum atomic E-state index is 12.6. The molecule has 9 heteroatoms. The summed E-state index contributed by atoms with van der Waals surface area (Å²) in [7, 11) is -3.05. The Morgan fingerprint density at radius 2 is 1.89 bits per heavy atom. The molecular weight excluding hydrogens is 492 g/mol. The predicted octanol–water partition coefficient (Wildman–Crippen LogP) is 4.02. The van der Waals surface area contributed by atoms with Crippen LogP contribution in [0.2, 0.25) is 0 Å². The summed E-state index contributed by atoms with van der Waals surface area (Å²) < 4.78 is 25.5. The van der Waals surface area contributed by atoms with Crippen molar-refractivity contribution in [3.05, 3.63) is 83.2 Å². The number of rotatable bonds is 7. The van der Waals surface area contributed by atoms with Crippen LogP contribution in [0.1, 0.15) is 28.9 Å². The third-order valence-electron chi connectivity index (χ3n) is 6.45. The van der Waals surface area contributed by atoms with Gasteiger partial charge in [0, 0.05) is 12.5 Å². The molecule has 1 aliphatic rings. The number of nitrogens with one attached hydrogen (secondary N) is 1. The Bertz CT molecular complexity index is 1540. The number of hydrogen-bond acceptors (Lipinski definition) is 6. The highest BCUT2D eigenvalue weighted by atomic mass is 32.2. The lowest BCUT2D eigenvalue weighted by Gasteiger charge is -2.15. The highest BCUT2D eigenvalue weighted by molar-refractivity contribution is 7.99. The number of sulfone groups is 1. The Hall–Kier alpha value is -3.17. The summed E-state index contributed by atoms with van der Waals surface area (Å²) in [6.07, 6.45) is 1.06. The van der Waals surface area contributed by atoms with E-state index in [4.69, 9.17) is 0 Å². The number of thioether (sulfide) groups is 1. The molecule has 186 valence electrons. The molecule has 0 bridgehead atoms. The molecule has 1 aromatic heterocycles. The molecule has 0 aliphatic carbocycles. The third kappa shape index (κ3) is 5.32. The first-order chi connectivity index (χ1) is 17.3. The van der Waals surface area contributed by atoms with Crippen LogP contribution in [0.15, 0.2) is 65.8 Å². The number of benzene rings is 3. The van der Waals surface area contributed by atoms with Gasteiger partial charge in [-0.3, -0.25) is 9.36 Å². The quantitative estimate of drug-likeness (QED) is 0.370. The molecule has 1 fully saturated rings. The summed E-state index contributed by atoms with van der Waals surface area (Å²) in [4.78, 5) is 12.6.